The van der Waals surface area contributed by atoms with Crippen molar-refractivity contribution in [3.63, 3.8) is 0 Å². The second-order valence-corrected chi connectivity index (χ2v) is 5.63. The Balaban J connectivity index is 2.50. The topological polar surface area (TPSA) is 26.3 Å². The first-order valence-electron chi connectivity index (χ1n) is 6.53. The quantitative estimate of drug-likeness (QED) is 0.523. The lowest BCUT2D eigenvalue weighted by Gasteiger charge is -2.25. The van der Waals surface area contributed by atoms with Crippen LogP contribution in [0.15, 0.2) is 23.5 Å². The summed E-state index contributed by atoms with van der Waals surface area (Å²) >= 11 is 0. The van der Waals surface area contributed by atoms with Crippen molar-refractivity contribution in [2.45, 2.75) is 59.8 Å². The molecule has 1 aliphatic carbocycles. The van der Waals surface area contributed by atoms with Crippen LogP contribution in [-0.4, -0.2) is 5.97 Å². The SMILES string of the molecule is CCCCCC(=O)OC1=CC(C)(C)CC(C)=C1. The maximum Gasteiger partial charge on any atom is 0.311 e. The Kier molecular flexibility index (Phi) is 4.98. The highest BCUT2D eigenvalue weighted by molar-refractivity contribution is 5.71. The molecule has 0 aliphatic heterocycles. The van der Waals surface area contributed by atoms with Gasteiger partial charge in [-0.2, -0.15) is 0 Å². The fourth-order valence-corrected chi connectivity index (χ4v) is 2.25. The van der Waals surface area contributed by atoms with E-state index >= 15 is 0 Å². The molecule has 0 bridgehead atoms. The predicted molar refractivity (Wildman–Crippen MR) is 70.5 cm³/mol. The van der Waals surface area contributed by atoms with Crippen LogP contribution in [0.3, 0.4) is 0 Å². The van der Waals surface area contributed by atoms with E-state index in [1.807, 2.05) is 6.08 Å². The molecular weight excluding hydrogens is 212 g/mol. The van der Waals surface area contributed by atoms with Gasteiger partial charge in [-0.05, 0) is 37.3 Å². The third kappa shape index (κ3) is 5.20. The van der Waals surface area contributed by atoms with Gasteiger partial charge >= 0.3 is 5.97 Å². The Morgan fingerprint density at radius 3 is 2.71 bits per heavy atom. The molecule has 0 aromatic carbocycles. The summed E-state index contributed by atoms with van der Waals surface area (Å²) in [6, 6.07) is 0. The molecule has 2 heteroatoms. The normalized spacial score (nSPS) is 18.4. The highest BCUT2D eigenvalue weighted by Crippen LogP contribution is 2.33. The molecule has 0 aromatic heterocycles. The second-order valence-electron chi connectivity index (χ2n) is 5.63. The Morgan fingerprint density at radius 1 is 1.41 bits per heavy atom. The van der Waals surface area contributed by atoms with Gasteiger partial charge in [0.15, 0.2) is 0 Å². The summed E-state index contributed by atoms with van der Waals surface area (Å²) in [5.74, 6) is 0.617. The van der Waals surface area contributed by atoms with E-state index in [-0.39, 0.29) is 11.4 Å². The van der Waals surface area contributed by atoms with E-state index in [0.29, 0.717) is 6.42 Å². The highest BCUT2D eigenvalue weighted by atomic mass is 16.5. The minimum absolute atomic E-state index is 0.0951. The van der Waals surface area contributed by atoms with Crippen molar-refractivity contribution in [2.24, 2.45) is 5.41 Å². The molecule has 0 saturated heterocycles. The zero-order valence-electron chi connectivity index (χ0n) is 11.5. The van der Waals surface area contributed by atoms with Crippen molar-refractivity contribution in [1.82, 2.24) is 0 Å². The van der Waals surface area contributed by atoms with Crippen LogP contribution in [0.4, 0.5) is 0 Å². The zero-order valence-corrected chi connectivity index (χ0v) is 11.5. The van der Waals surface area contributed by atoms with Crippen LogP contribution in [0.2, 0.25) is 0 Å². The molecule has 2 nitrogen and oxygen atoms in total. The molecule has 0 radical (unpaired) electrons. The standard InChI is InChI=1S/C15H24O2/c1-5-6-7-8-14(16)17-13-9-12(2)10-15(3,4)11-13/h9,11H,5-8,10H2,1-4H3. The lowest BCUT2D eigenvalue weighted by Crippen LogP contribution is -2.15. The Labute approximate surface area is 105 Å². The van der Waals surface area contributed by atoms with E-state index in [9.17, 15) is 4.79 Å². The van der Waals surface area contributed by atoms with Crippen molar-refractivity contribution < 1.29 is 9.53 Å². The third-order valence-corrected chi connectivity index (χ3v) is 2.87. The summed E-state index contributed by atoms with van der Waals surface area (Å²) < 4.78 is 5.39. The second kappa shape index (κ2) is 6.04. The molecule has 0 atom stereocenters. The van der Waals surface area contributed by atoms with Gasteiger partial charge in [-0.25, -0.2) is 0 Å². The number of rotatable bonds is 5. The first-order chi connectivity index (χ1) is 7.93. The van der Waals surface area contributed by atoms with Crippen LogP contribution in [0.25, 0.3) is 0 Å². The van der Waals surface area contributed by atoms with E-state index < -0.39 is 0 Å². The molecule has 0 unspecified atom stereocenters. The Bertz CT molecular complexity index is 335. The Hall–Kier alpha value is -1.05. The van der Waals surface area contributed by atoms with Gasteiger partial charge in [-0.15, -0.1) is 0 Å². The lowest BCUT2D eigenvalue weighted by molar-refractivity contribution is -0.139. The van der Waals surface area contributed by atoms with Crippen molar-refractivity contribution >= 4 is 5.97 Å². The van der Waals surface area contributed by atoms with E-state index in [0.717, 1.165) is 31.4 Å². The molecule has 17 heavy (non-hydrogen) atoms. The number of allylic oxidation sites excluding steroid dienone is 3. The minimum Gasteiger partial charge on any atom is -0.427 e. The number of carbonyl (C=O) groups is 1. The average molecular weight is 236 g/mol. The van der Waals surface area contributed by atoms with Crippen molar-refractivity contribution in [3.8, 4) is 0 Å². The highest BCUT2D eigenvalue weighted by Gasteiger charge is 2.21. The summed E-state index contributed by atoms with van der Waals surface area (Å²) in [6.45, 7) is 8.53. The number of hydrogen-bond donors (Lipinski definition) is 0. The van der Waals surface area contributed by atoms with Gasteiger partial charge in [0, 0.05) is 6.42 Å². The molecule has 0 fully saturated rings. The summed E-state index contributed by atoms with van der Waals surface area (Å²) in [5.41, 5.74) is 1.37. The fraction of sp³-hybridized carbons (Fsp3) is 0.667. The first kappa shape index (κ1) is 14.0. The van der Waals surface area contributed by atoms with E-state index in [4.69, 9.17) is 4.74 Å². The summed E-state index contributed by atoms with van der Waals surface area (Å²) in [7, 11) is 0. The molecule has 0 aromatic rings. The third-order valence-electron chi connectivity index (χ3n) is 2.87. The Morgan fingerprint density at radius 2 is 2.12 bits per heavy atom. The first-order valence-corrected chi connectivity index (χ1v) is 6.53. The molecular formula is C15H24O2. The largest absolute Gasteiger partial charge is 0.427 e. The number of ether oxygens (including phenoxy) is 1. The number of unbranched alkanes of at least 4 members (excludes halogenated alkanes) is 2. The van der Waals surface area contributed by atoms with Gasteiger partial charge in [0.05, 0.1) is 0 Å². The smallest absolute Gasteiger partial charge is 0.311 e. The molecule has 0 amide bonds. The van der Waals surface area contributed by atoms with Crippen LogP contribution < -0.4 is 0 Å². The van der Waals surface area contributed by atoms with Crippen molar-refractivity contribution in [1.29, 1.82) is 0 Å². The summed E-state index contributed by atoms with van der Waals surface area (Å²) in [5, 5.41) is 0. The van der Waals surface area contributed by atoms with Gasteiger partial charge in [0.25, 0.3) is 0 Å². The number of hydrogen-bond acceptors (Lipinski definition) is 2. The van der Waals surface area contributed by atoms with Gasteiger partial charge < -0.3 is 4.74 Å². The average Bonchev–Trinajstić information content (AvgIpc) is 2.14. The summed E-state index contributed by atoms with van der Waals surface area (Å²) in [6.07, 6.45) is 8.73. The number of esters is 1. The number of carbonyl (C=O) groups excluding carboxylic acids is 1. The van der Waals surface area contributed by atoms with Crippen LogP contribution in [-0.2, 0) is 9.53 Å². The lowest BCUT2D eigenvalue weighted by atomic mass is 9.82. The molecule has 96 valence electrons. The molecule has 0 spiro atoms. The van der Waals surface area contributed by atoms with Gasteiger partial charge in [0.1, 0.15) is 5.76 Å². The molecule has 0 saturated carbocycles. The molecule has 0 N–H and O–H groups in total. The van der Waals surface area contributed by atoms with Crippen molar-refractivity contribution in [2.75, 3.05) is 0 Å². The van der Waals surface area contributed by atoms with Crippen LogP contribution >= 0.6 is 0 Å². The van der Waals surface area contributed by atoms with Crippen LogP contribution in [0.1, 0.15) is 59.8 Å². The fourth-order valence-electron chi connectivity index (χ4n) is 2.25. The molecule has 0 heterocycles. The van der Waals surface area contributed by atoms with Crippen LogP contribution in [0, 0.1) is 5.41 Å². The van der Waals surface area contributed by atoms with Crippen molar-refractivity contribution in [3.05, 3.63) is 23.5 Å². The predicted octanol–water partition coefficient (Wildman–Crippen LogP) is 4.37. The van der Waals surface area contributed by atoms with Gasteiger partial charge in [0.2, 0.25) is 0 Å². The van der Waals surface area contributed by atoms with E-state index in [1.165, 1.54) is 5.57 Å². The van der Waals surface area contributed by atoms with E-state index in [1.54, 1.807) is 0 Å². The van der Waals surface area contributed by atoms with Gasteiger partial charge in [-0.1, -0.05) is 39.2 Å². The monoisotopic (exact) mass is 236 g/mol. The molecule has 1 rings (SSSR count). The van der Waals surface area contributed by atoms with E-state index in [2.05, 4.69) is 33.8 Å². The molecule has 1 aliphatic rings. The van der Waals surface area contributed by atoms with Crippen LogP contribution in [0.5, 0.6) is 0 Å². The minimum atomic E-state index is -0.105. The zero-order chi connectivity index (χ0) is 12.9. The maximum atomic E-state index is 11.6. The van der Waals surface area contributed by atoms with Gasteiger partial charge in [-0.3, -0.25) is 4.79 Å². The summed E-state index contributed by atoms with van der Waals surface area (Å²) in [4.78, 5) is 11.6. The maximum absolute atomic E-state index is 11.6.